The molecule has 0 amide bonds. The van der Waals surface area contributed by atoms with E-state index in [9.17, 15) is 37.9 Å². The number of unbranched alkanes of at least 4 members (excludes halogenated alkanes) is 6. The van der Waals surface area contributed by atoms with Crippen LogP contribution in [-0.4, -0.2) is 96.0 Å². The van der Waals surface area contributed by atoms with Gasteiger partial charge in [-0.15, -0.1) is 0 Å². The van der Waals surface area contributed by atoms with E-state index in [1.165, 1.54) is 6.42 Å². The van der Waals surface area contributed by atoms with Crippen molar-refractivity contribution in [3.05, 3.63) is 72.9 Å². The summed E-state index contributed by atoms with van der Waals surface area (Å²) in [7, 11) is -4.61. The Morgan fingerprint density at radius 3 is 1.70 bits per heavy atom. The third-order valence-corrected chi connectivity index (χ3v) is 9.06. The monoisotopic (exact) mass is 782 g/mol. The van der Waals surface area contributed by atoms with Crippen molar-refractivity contribution < 1.29 is 56.8 Å². The van der Waals surface area contributed by atoms with Crippen LogP contribution in [0.5, 0.6) is 0 Å². The lowest BCUT2D eigenvalue weighted by Gasteiger charge is -2.40. The Kier molecular flexibility index (Phi) is 28.5. The fraction of sp³-hybridized carbons (Fsp3) is 0.659. The standard InChI is InChI=1S/C41H66O12S/c1-3-5-7-9-11-12-13-14-15-16-17-18-19-20-21-22-24-25-27-29-36(42)50-31-34(52-37(43)30-28-26-23-10-8-6-4-2)32-51-41-40(46)39(45)38(44)35(53-41)33-54(47,48)49/h5,7,11-12,14-15,17-18,20-21,24-25,34-35,38-41,44-46H,3-4,6,8-10,13,16,19,22-23,26-33H2,1-2H3,(H,47,48,49)/b7-5+,12-11+,15-14+,18-17+,21-20+,25-24+/t34-,35+,38+,39?,40?,41-/m1/s1. The first kappa shape index (κ1) is 49.1. The summed E-state index contributed by atoms with van der Waals surface area (Å²) in [6.07, 6.45) is 28.6. The molecule has 0 spiro atoms. The number of carbonyl (C=O) groups excluding carboxylic acids is 2. The Hall–Kier alpha value is -2.91. The lowest BCUT2D eigenvalue weighted by Crippen LogP contribution is -2.60. The first-order chi connectivity index (χ1) is 26.0. The molecule has 54 heavy (non-hydrogen) atoms. The summed E-state index contributed by atoms with van der Waals surface area (Å²) < 4.78 is 53.6. The largest absolute Gasteiger partial charge is 0.462 e. The zero-order valence-electron chi connectivity index (χ0n) is 32.3. The third-order valence-electron chi connectivity index (χ3n) is 8.31. The summed E-state index contributed by atoms with van der Waals surface area (Å²) in [6, 6.07) is 0. The molecule has 308 valence electrons. The van der Waals surface area contributed by atoms with Crippen LogP contribution in [0.4, 0.5) is 0 Å². The van der Waals surface area contributed by atoms with Crippen molar-refractivity contribution in [2.45, 2.75) is 153 Å². The minimum atomic E-state index is -4.61. The van der Waals surface area contributed by atoms with Gasteiger partial charge in [0.1, 0.15) is 36.8 Å². The number of aliphatic hydroxyl groups excluding tert-OH is 3. The molecule has 1 saturated heterocycles. The number of aliphatic hydroxyl groups is 3. The van der Waals surface area contributed by atoms with Crippen LogP contribution in [0.1, 0.15) is 117 Å². The Labute approximate surface area is 323 Å². The topological polar surface area (TPSA) is 186 Å². The number of hydrogen-bond acceptors (Lipinski definition) is 11. The van der Waals surface area contributed by atoms with Crippen molar-refractivity contribution in [2.75, 3.05) is 19.0 Å². The molecule has 0 aromatic heterocycles. The minimum Gasteiger partial charge on any atom is -0.462 e. The van der Waals surface area contributed by atoms with Gasteiger partial charge in [-0.05, 0) is 51.4 Å². The summed E-state index contributed by atoms with van der Waals surface area (Å²) in [4.78, 5) is 25.1. The van der Waals surface area contributed by atoms with E-state index in [-0.39, 0.29) is 19.4 Å². The number of esters is 2. The van der Waals surface area contributed by atoms with E-state index in [1.54, 1.807) is 0 Å². The zero-order valence-corrected chi connectivity index (χ0v) is 33.1. The van der Waals surface area contributed by atoms with Gasteiger partial charge in [0.2, 0.25) is 0 Å². The minimum absolute atomic E-state index is 0.0908. The number of hydrogen-bond donors (Lipinski definition) is 4. The molecule has 0 saturated carbocycles. The van der Waals surface area contributed by atoms with Gasteiger partial charge in [0.15, 0.2) is 12.4 Å². The van der Waals surface area contributed by atoms with Crippen LogP contribution in [0.3, 0.4) is 0 Å². The molecule has 0 aromatic rings. The molecule has 0 bridgehead atoms. The number of ether oxygens (including phenoxy) is 4. The molecule has 0 aromatic carbocycles. The summed E-state index contributed by atoms with van der Waals surface area (Å²) >= 11 is 0. The summed E-state index contributed by atoms with van der Waals surface area (Å²) in [5.74, 6) is -2.11. The van der Waals surface area contributed by atoms with E-state index in [4.69, 9.17) is 18.9 Å². The smallest absolute Gasteiger partial charge is 0.306 e. The van der Waals surface area contributed by atoms with Crippen LogP contribution in [0.15, 0.2) is 72.9 Å². The van der Waals surface area contributed by atoms with Crippen molar-refractivity contribution in [3.8, 4) is 0 Å². The molecule has 4 N–H and O–H groups in total. The lowest BCUT2D eigenvalue weighted by atomic mass is 10.00. The van der Waals surface area contributed by atoms with Gasteiger partial charge in [-0.1, -0.05) is 125 Å². The van der Waals surface area contributed by atoms with Crippen molar-refractivity contribution in [1.82, 2.24) is 0 Å². The maximum atomic E-state index is 12.6. The van der Waals surface area contributed by atoms with Crippen LogP contribution in [-0.2, 0) is 38.7 Å². The predicted molar refractivity (Wildman–Crippen MR) is 210 cm³/mol. The van der Waals surface area contributed by atoms with E-state index in [0.717, 1.165) is 70.6 Å². The van der Waals surface area contributed by atoms with Crippen molar-refractivity contribution in [3.63, 3.8) is 0 Å². The van der Waals surface area contributed by atoms with Crippen LogP contribution in [0, 0.1) is 0 Å². The molecule has 0 radical (unpaired) electrons. The summed E-state index contributed by atoms with van der Waals surface area (Å²) in [5.41, 5.74) is 0. The van der Waals surface area contributed by atoms with Crippen LogP contribution in [0.25, 0.3) is 0 Å². The van der Waals surface area contributed by atoms with Crippen molar-refractivity contribution >= 4 is 22.1 Å². The van der Waals surface area contributed by atoms with Crippen molar-refractivity contribution in [1.29, 1.82) is 0 Å². The zero-order chi connectivity index (χ0) is 39.9. The molecule has 1 fully saturated rings. The SMILES string of the molecule is CC/C=C/C/C=C/C/C=C/C/C=C/C/C=C/C/C=C/CCC(=O)OC[C@H](CO[C@@H]1O[C@@H](CS(=O)(=O)O)[C@H](O)C(O)C1O)OC(=O)CCCCCCCCC. The third kappa shape index (κ3) is 26.0. The molecule has 6 atom stereocenters. The van der Waals surface area contributed by atoms with Gasteiger partial charge in [-0.25, -0.2) is 0 Å². The molecule has 2 unspecified atom stereocenters. The first-order valence-corrected chi connectivity index (χ1v) is 21.1. The second kappa shape index (κ2) is 31.3. The number of rotatable bonds is 30. The Morgan fingerprint density at radius 2 is 1.17 bits per heavy atom. The van der Waals surface area contributed by atoms with Crippen molar-refractivity contribution in [2.24, 2.45) is 0 Å². The molecular formula is C41H66O12S. The van der Waals surface area contributed by atoms with Gasteiger partial charge < -0.3 is 34.3 Å². The van der Waals surface area contributed by atoms with E-state index in [1.807, 2.05) is 12.2 Å². The van der Waals surface area contributed by atoms with Gasteiger partial charge >= 0.3 is 11.9 Å². The summed E-state index contributed by atoms with van der Waals surface area (Å²) in [5, 5.41) is 30.7. The maximum Gasteiger partial charge on any atom is 0.306 e. The lowest BCUT2D eigenvalue weighted by molar-refractivity contribution is -0.297. The maximum absolute atomic E-state index is 12.6. The molecule has 12 nitrogen and oxygen atoms in total. The fourth-order valence-electron chi connectivity index (χ4n) is 5.29. The second-order valence-corrected chi connectivity index (χ2v) is 14.7. The average molecular weight is 783 g/mol. The molecule has 13 heteroatoms. The van der Waals surface area contributed by atoms with Crippen LogP contribution >= 0.6 is 0 Å². The first-order valence-electron chi connectivity index (χ1n) is 19.5. The highest BCUT2D eigenvalue weighted by Crippen LogP contribution is 2.23. The van der Waals surface area contributed by atoms with Gasteiger partial charge in [-0.2, -0.15) is 8.42 Å². The molecule has 1 heterocycles. The van der Waals surface area contributed by atoms with Crippen LogP contribution < -0.4 is 0 Å². The van der Waals surface area contributed by atoms with E-state index >= 15 is 0 Å². The number of carbonyl (C=O) groups is 2. The molecule has 1 aliphatic rings. The molecule has 0 aliphatic carbocycles. The highest BCUT2D eigenvalue weighted by Gasteiger charge is 2.46. The predicted octanol–water partition coefficient (Wildman–Crippen LogP) is 6.77. The Balaban J connectivity index is 2.51. The second-order valence-electron chi connectivity index (χ2n) is 13.2. The van der Waals surface area contributed by atoms with Gasteiger partial charge in [0, 0.05) is 12.8 Å². The number of allylic oxidation sites excluding steroid dienone is 12. The summed E-state index contributed by atoms with van der Waals surface area (Å²) in [6.45, 7) is 3.48. The van der Waals surface area contributed by atoms with Gasteiger partial charge in [0.25, 0.3) is 10.1 Å². The van der Waals surface area contributed by atoms with E-state index in [0.29, 0.717) is 12.8 Å². The highest BCUT2D eigenvalue weighted by molar-refractivity contribution is 7.85. The van der Waals surface area contributed by atoms with Gasteiger partial charge in [0.05, 0.1) is 6.61 Å². The normalized spacial score (nSPS) is 21.8. The van der Waals surface area contributed by atoms with Crippen LogP contribution in [0.2, 0.25) is 0 Å². The van der Waals surface area contributed by atoms with Gasteiger partial charge in [-0.3, -0.25) is 14.1 Å². The molecule has 1 rings (SSSR count). The molecular weight excluding hydrogens is 717 g/mol. The average Bonchev–Trinajstić information content (AvgIpc) is 3.13. The molecule has 1 aliphatic heterocycles. The fourth-order valence-corrected chi connectivity index (χ4v) is 5.98. The highest BCUT2D eigenvalue weighted by atomic mass is 32.2. The Bertz CT molecular complexity index is 1290. The van der Waals surface area contributed by atoms with E-state index in [2.05, 4.69) is 74.6 Å². The quantitative estimate of drug-likeness (QED) is 0.0260. The Morgan fingerprint density at radius 1 is 0.648 bits per heavy atom. The van der Waals surface area contributed by atoms with E-state index < -0.39 is 71.2 Å².